The summed E-state index contributed by atoms with van der Waals surface area (Å²) in [7, 11) is 0. The molecule has 2 heterocycles. The van der Waals surface area contributed by atoms with Crippen molar-refractivity contribution in [3.63, 3.8) is 0 Å². The minimum Gasteiger partial charge on any atom is -0.382 e. The summed E-state index contributed by atoms with van der Waals surface area (Å²) in [6.07, 6.45) is 1.16. The highest BCUT2D eigenvalue weighted by atomic mass is 35.5. The van der Waals surface area contributed by atoms with E-state index in [-0.39, 0.29) is 29.5 Å². The largest absolute Gasteiger partial charge is 0.382 e. The van der Waals surface area contributed by atoms with Gasteiger partial charge >= 0.3 is 0 Å². The summed E-state index contributed by atoms with van der Waals surface area (Å²) < 4.78 is 16.0. The zero-order chi connectivity index (χ0) is 23.5. The van der Waals surface area contributed by atoms with Crippen LogP contribution < -0.4 is 5.32 Å². The van der Waals surface area contributed by atoms with E-state index < -0.39 is 11.9 Å². The fourth-order valence-corrected chi connectivity index (χ4v) is 4.10. The topological polar surface area (TPSA) is 68.5 Å². The van der Waals surface area contributed by atoms with Gasteiger partial charge in [-0.3, -0.25) is 4.79 Å². The highest BCUT2D eigenvalue weighted by Crippen LogP contribution is 2.26. The maximum absolute atomic E-state index is 14.2. The lowest BCUT2D eigenvalue weighted by atomic mass is 10.0. The third-order valence-corrected chi connectivity index (χ3v) is 5.84. The van der Waals surface area contributed by atoms with Gasteiger partial charge in [0.15, 0.2) is 0 Å². The number of aromatic nitrogens is 2. The van der Waals surface area contributed by atoms with Gasteiger partial charge < -0.3 is 10.2 Å². The number of amides is 1. The molecule has 0 saturated carbocycles. The van der Waals surface area contributed by atoms with Gasteiger partial charge in [0, 0.05) is 30.3 Å². The molecule has 0 fully saturated rings. The number of nitrogens with zero attached hydrogens (tertiary/aromatic N) is 3. The molecule has 34 heavy (non-hydrogen) atoms. The van der Waals surface area contributed by atoms with Gasteiger partial charge in [0.1, 0.15) is 5.82 Å². The minimum atomic E-state index is -0.866. The predicted octanol–water partition coefficient (Wildman–Crippen LogP) is 5.14. The standard InChI is InChI=1S/C26H20ClFN4O2/c27-20-12-7-13-21(28)24(20)22-14-23(34-31-22)26(33)29-15-18-16-32(19-10-5-2-6-11-19)30-25(18)17-8-3-1-4-9-17/h1-13,16,23H,14-15H2,(H,29,33). The molecule has 5 rings (SSSR count). The van der Waals surface area contributed by atoms with Crippen molar-refractivity contribution in [1.29, 1.82) is 0 Å². The number of hydrogen-bond acceptors (Lipinski definition) is 4. The van der Waals surface area contributed by atoms with E-state index in [4.69, 9.17) is 21.5 Å². The van der Waals surface area contributed by atoms with Crippen molar-refractivity contribution in [2.75, 3.05) is 0 Å². The first-order valence-corrected chi connectivity index (χ1v) is 11.1. The molecule has 0 radical (unpaired) electrons. The van der Waals surface area contributed by atoms with E-state index in [0.717, 1.165) is 22.5 Å². The predicted molar refractivity (Wildman–Crippen MR) is 128 cm³/mol. The molecule has 1 atom stereocenters. The molecule has 1 unspecified atom stereocenters. The van der Waals surface area contributed by atoms with Crippen molar-refractivity contribution >= 4 is 23.2 Å². The Morgan fingerprint density at radius 2 is 1.79 bits per heavy atom. The minimum absolute atomic E-state index is 0.126. The average Bonchev–Trinajstić information content (AvgIpc) is 3.52. The maximum atomic E-state index is 14.2. The SMILES string of the molecule is O=C(NCc1cn(-c2ccccc2)nc1-c1ccccc1)C1CC(c2c(F)cccc2Cl)=NO1. The van der Waals surface area contributed by atoms with Crippen LogP contribution in [0.1, 0.15) is 17.5 Å². The third kappa shape index (κ3) is 4.43. The highest BCUT2D eigenvalue weighted by Gasteiger charge is 2.31. The van der Waals surface area contributed by atoms with E-state index >= 15 is 0 Å². The molecule has 1 N–H and O–H groups in total. The monoisotopic (exact) mass is 474 g/mol. The molecule has 1 aromatic heterocycles. The lowest BCUT2D eigenvalue weighted by molar-refractivity contribution is -0.131. The van der Waals surface area contributed by atoms with Crippen LogP contribution in [0.2, 0.25) is 5.02 Å². The zero-order valence-corrected chi connectivity index (χ0v) is 18.7. The van der Waals surface area contributed by atoms with Crippen LogP contribution in [-0.2, 0) is 16.2 Å². The number of carbonyl (C=O) groups is 1. The van der Waals surface area contributed by atoms with E-state index in [9.17, 15) is 9.18 Å². The summed E-state index contributed by atoms with van der Waals surface area (Å²) in [6, 6.07) is 23.9. The third-order valence-electron chi connectivity index (χ3n) is 5.52. The molecule has 0 bridgehead atoms. The van der Waals surface area contributed by atoms with Crippen LogP contribution in [0.25, 0.3) is 16.9 Å². The first-order valence-electron chi connectivity index (χ1n) is 10.7. The molecule has 4 aromatic rings. The molecular weight excluding hydrogens is 455 g/mol. The molecule has 170 valence electrons. The Hall–Kier alpha value is -3.97. The number of halogens is 2. The molecule has 1 aliphatic rings. The van der Waals surface area contributed by atoms with Gasteiger partial charge in [0.2, 0.25) is 6.10 Å². The summed E-state index contributed by atoms with van der Waals surface area (Å²) in [6.45, 7) is 0.242. The smallest absolute Gasteiger partial charge is 0.264 e. The number of para-hydroxylation sites is 1. The molecular formula is C26H20ClFN4O2. The van der Waals surface area contributed by atoms with Crippen LogP contribution in [-0.4, -0.2) is 27.5 Å². The normalized spacial score (nSPS) is 15.0. The number of carbonyl (C=O) groups excluding carboxylic acids is 1. The fraction of sp³-hybridized carbons (Fsp3) is 0.115. The lowest BCUT2D eigenvalue weighted by Gasteiger charge is -2.10. The van der Waals surface area contributed by atoms with E-state index in [1.54, 1.807) is 10.7 Å². The van der Waals surface area contributed by atoms with Crippen LogP contribution in [0.5, 0.6) is 0 Å². The van der Waals surface area contributed by atoms with Gasteiger partial charge in [0.05, 0.1) is 27.7 Å². The fourth-order valence-electron chi connectivity index (χ4n) is 3.83. The Balaban J connectivity index is 1.32. The summed E-state index contributed by atoms with van der Waals surface area (Å²) >= 11 is 6.12. The van der Waals surface area contributed by atoms with Gasteiger partial charge in [-0.15, -0.1) is 0 Å². The first kappa shape index (κ1) is 21.9. The Morgan fingerprint density at radius 3 is 2.53 bits per heavy atom. The molecule has 0 aliphatic carbocycles. The van der Waals surface area contributed by atoms with Crippen LogP contribution in [0.4, 0.5) is 4.39 Å². The molecule has 6 nitrogen and oxygen atoms in total. The Morgan fingerprint density at radius 1 is 1.06 bits per heavy atom. The molecule has 8 heteroatoms. The number of hydrogen-bond donors (Lipinski definition) is 1. The number of rotatable bonds is 6. The molecule has 3 aromatic carbocycles. The quantitative estimate of drug-likeness (QED) is 0.420. The van der Waals surface area contributed by atoms with E-state index in [1.807, 2.05) is 66.9 Å². The lowest BCUT2D eigenvalue weighted by Crippen LogP contribution is -2.34. The van der Waals surface area contributed by atoms with Crippen molar-refractivity contribution in [1.82, 2.24) is 15.1 Å². The van der Waals surface area contributed by atoms with Gasteiger partial charge in [0.25, 0.3) is 5.91 Å². The van der Waals surface area contributed by atoms with Gasteiger partial charge in [-0.25, -0.2) is 9.07 Å². The number of nitrogens with one attached hydrogen (secondary N) is 1. The van der Waals surface area contributed by atoms with Crippen molar-refractivity contribution < 1.29 is 14.0 Å². The second-order valence-corrected chi connectivity index (χ2v) is 8.21. The maximum Gasteiger partial charge on any atom is 0.264 e. The Bertz CT molecular complexity index is 1340. The summed E-state index contributed by atoms with van der Waals surface area (Å²) in [5.74, 6) is -0.852. The van der Waals surface area contributed by atoms with Crippen molar-refractivity contribution in [3.8, 4) is 16.9 Å². The van der Waals surface area contributed by atoms with E-state index in [0.29, 0.717) is 5.71 Å². The first-order chi connectivity index (χ1) is 16.6. The molecule has 0 saturated heterocycles. The van der Waals surface area contributed by atoms with Crippen LogP contribution >= 0.6 is 11.6 Å². The number of oxime groups is 1. The second-order valence-electron chi connectivity index (χ2n) is 7.80. The zero-order valence-electron chi connectivity index (χ0n) is 18.0. The van der Waals surface area contributed by atoms with Crippen LogP contribution in [0, 0.1) is 5.82 Å². The van der Waals surface area contributed by atoms with E-state index in [2.05, 4.69) is 10.5 Å². The number of benzene rings is 3. The highest BCUT2D eigenvalue weighted by molar-refractivity contribution is 6.34. The molecule has 1 aliphatic heterocycles. The van der Waals surface area contributed by atoms with Crippen molar-refractivity contribution in [2.45, 2.75) is 19.1 Å². The van der Waals surface area contributed by atoms with Gasteiger partial charge in [-0.05, 0) is 24.3 Å². The summed E-state index contributed by atoms with van der Waals surface area (Å²) in [5.41, 5.74) is 3.95. The second kappa shape index (κ2) is 9.49. The average molecular weight is 475 g/mol. The van der Waals surface area contributed by atoms with Crippen LogP contribution in [0.3, 0.4) is 0 Å². The summed E-state index contributed by atoms with van der Waals surface area (Å²) in [5, 5.41) is 11.8. The Labute approximate surface area is 200 Å². The van der Waals surface area contributed by atoms with Gasteiger partial charge in [-0.2, -0.15) is 5.10 Å². The van der Waals surface area contributed by atoms with Crippen molar-refractivity contribution in [2.24, 2.45) is 5.16 Å². The van der Waals surface area contributed by atoms with Gasteiger partial charge in [-0.1, -0.05) is 71.4 Å². The van der Waals surface area contributed by atoms with Crippen LogP contribution in [0.15, 0.2) is 90.2 Å². The summed E-state index contributed by atoms with van der Waals surface area (Å²) in [4.78, 5) is 18.1. The van der Waals surface area contributed by atoms with Crippen molar-refractivity contribution in [3.05, 3.63) is 107 Å². The van der Waals surface area contributed by atoms with E-state index in [1.165, 1.54) is 12.1 Å². The molecule has 1 amide bonds. The Kier molecular flexibility index (Phi) is 6.10. The molecule has 0 spiro atoms.